The predicted molar refractivity (Wildman–Crippen MR) is 63.5 cm³/mol. The third kappa shape index (κ3) is 2.41. The summed E-state index contributed by atoms with van der Waals surface area (Å²) in [6.07, 6.45) is 6.47. The SMILES string of the molecule is CC(CCN)Nc1nccn(C2CC2)c1=O. The maximum absolute atomic E-state index is 12.0. The van der Waals surface area contributed by atoms with Crippen LogP contribution in [-0.4, -0.2) is 22.1 Å². The van der Waals surface area contributed by atoms with Gasteiger partial charge >= 0.3 is 0 Å². The van der Waals surface area contributed by atoms with Crippen molar-refractivity contribution in [3.05, 3.63) is 22.7 Å². The fourth-order valence-electron chi connectivity index (χ4n) is 1.72. The van der Waals surface area contributed by atoms with Crippen molar-refractivity contribution in [2.24, 2.45) is 5.73 Å². The molecule has 88 valence electrons. The van der Waals surface area contributed by atoms with Gasteiger partial charge < -0.3 is 15.6 Å². The number of rotatable bonds is 5. The van der Waals surface area contributed by atoms with Crippen molar-refractivity contribution in [3.63, 3.8) is 0 Å². The molecule has 2 rings (SSSR count). The molecule has 0 aromatic carbocycles. The topological polar surface area (TPSA) is 72.9 Å². The summed E-state index contributed by atoms with van der Waals surface area (Å²) in [7, 11) is 0. The van der Waals surface area contributed by atoms with Gasteiger partial charge in [-0.2, -0.15) is 0 Å². The van der Waals surface area contributed by atoms with Gasteiger partial charge in [0.25, 0.3) is 5.56 Å². The van der Waals surface area contributed by atoms with E-state index in [4.69, 9.17) is 5.73 Å². The number of nitrogens with two attached hydrogens (primary N) is 1. The number of aromatic nitrogens is 2. The average Bonchev–Trinajstić information content (AvgIpc) is 3.05. The highest BCUT2D eigenvalue weighted by Crippen LogP contribution is 2.33. The van der Waals surface area contributed by atoms with Crippen LogP contribution in [0.1, 0.15) is 32.2 Å². The maximum Gasteiger partial charge on any atom is 0.293 e. The van der Waals surface area contributed by atoms with Crippen molar-refractivity contribution in [2.75, 3.05) is 11.9 Å². The zero-order valence-corrected chi connectivity index (χ0v) is 9.52. The van der Waals surface area contributed by atoms with E-state index in [1.165, 1.54) is 0 Å². The van der Waals surface area contributed by atoms with Gasteiger partial charge in [-0.25, -0.2) is 4.98 Å². The number of hydrogen-bond donors (Lipinski definition) is 2. The average molecular weight is 222 g/mol. The van der Waals surface area contributed by atoms with Gasteiger partial charge in [-0.1, -0.05) is 0 Å². The molecule has 5 heteroatoms. The quantitative estimate of drug-likeness (QED) is 0.770. The first kappa shape index (κ1) is 11.1. The van der Waals surface area contributed by atoms with Gasteiger partial charge in [0.05, 0.1) is 0 Å². The number of anilines is 1. The molecule has 1 saturated carbocycles. The van der Waals surface area contributed by atoms with Crippen LogP contribution in [0.15, 0.2) is 17.2 Å². The molecule has 1 fully saturated rings. The lowest BCUT2D eigenvalue weighted by molar-refractivity contribution is 0.680. The largest absolute Gasteiger partial charge is 0.363 e. The van der Waals surface area contributed by atoms with Crippen LogP contribution in [0.3, 0.4) is 0 Å². The lowest BCUT2D eigenvalue weighted by Gasteiger charge is -2.13. The second kappa shape index (κ2) is 4.65. The van der Waals surface area contributed by atoms with E-state index >= 15 is 0 Å². The third-order valence-electron chi connectivity index (χ3n) is 2.79. The zero-order valence-electron chi connectivity index (χ0n) is 9.52. The Morgan fingerprint density at radius 1 is 1.69 bits per heavy atom. The fraction of sp³-hybridized carbons (Fsp3) is 0.636. The number of nitrogens with zero attached hydrogens (tertiary/aromatic N) is 2. The van der Waals surface area contributed by atoms with Crippen molar-refractivity contribution in [1.29, 1.82) is 0 Å². The van der Waals surface area contributed by atoms with Gasteiger partial charge in [0.2, 0.25) is 0 Å². The number of nitrogens with one attached hydrogen (secondary N) is 1. The van der Waals surface area contributed by atoms with Crippen LogP contribution in [0, 0.1) is 0 Å². The second-order valence-corrected chi connectivity index (χ2v) is 4.34. The minimum absolute atomic E-state index is 0.0196. The summed E-state index contributed by atoms with van der Waals surface area (Å²) in [6, 6.07) is 0.570. The first-order chi connectivity index (χ1) is 7.72. The van der Waals surface area contributed by atoms with E-state index in [9.17, 15) is 4.79 Å². The highest BCUT2D eigenvalue weighted by atomic mass is 16.1. The molecule has 0 radical (unpaired) electrons. The summed E-state index contributed by atoms with van der Waals surface area (Å²) < 4.78 is 1.77. The van der Waals surface area contributed by atoms with Gasteiger partial charge in [-0.3, -0.25) is 4.79 Å². The molecule has 0 amide bonds. The first-order valence-corrected chi connectivity index (χ1v) is 5.76. The Morgan fingerprint density at radius 2 is 2.44 bits per heavy atom. The Hall–Kier alpha value is -1.36. The summed E-state index contributed by atoms with van der Waals surface area (Å²) in [4.78, 5) is 16.1. The van der Waals surface area contributed by atoms with E-state index < -0.39 is 0 Å². The highest BCUT2D eigenvalue weighted by Gasteiger charge is 2.25. The van der Waals surface area contributed by atoms with Crippen LogP contribution >= 0.6 is 0 Å². The standard InChI is InChI=1S/C11H18N4O/c1-8(4-5-12)14-10-11(16)15(7-6-13-10)9-2-3-9/h6-9H,2-5,12H2,1H3,(H,13,14). The fourth-order valence-corrected chi connectivity index (χ4v) is 1.72. The van der Waals surface area contributed by atoms with Gasteiger partial charge in [0.15, 0.2) is 5.82 Å². The van der Waals surface area contributed by atoms with Crippen LogP contribution in [0.4, 0.5) is 5.82 Å². The number of hydrogen-bond acceptors (Lipinski definition) is 4. The molecule has 1 unspecified atom stereocenters. The maximum atomic E-state index is 12.0. The summed E-state index contributed by atoms with van der Waals surface area (Å²) >= 11 is 0. The molecule has 1 aromatic heterocycles. The third-order valence-corrected chi connectivity index (χ3v) is 2.79. The molecule has 0 bridgehead atoms. The Balaban J connectivity index is 2.14. The van der Waals surface area contributed by atoms with Gasteiger partial charge in [-0.15, -0.1) is 0 Å². The van der Waals surface area contributed by atoms with E-state index in [0.717, 1.165) is 19.3 Å². The van der Waals surface area contributed by atoms with Crippen molar-refractivity contribution in [2.45, 2.75) is 38.3 Å². The van der Waals surface area contributed by atoms with Gasteiger partial charge in [0.1, 0.15) is 0 Å². The smallest absolute Gasteiger partial charge is 0.293 e. The summed E-state index contributed by atoms with van der Waals surface area (Å²) in [5, 5.41) is 3.11. The summed E-state index contributed by atoms with van der Waals surface area (Å²) in [5.41, 5.74) is 5.45. The summed E-state index contributed by atoms with van der Waals surface area (Å²) in [6.45, 7) is 2.61. The molecule has 16 heavy (non-hydrogen) atoms. The lowest BCUT2D eigenvalue weighted by Crippen LogP contribution is -2.28. The van der Waals surface area contributed by atoms with Crippen LogP contribution in [-0.2, 0) is 0 Å². The molecule has 1 aromatic rings. The molecule has 1 aliphatic rings. The Morgan fingerprint density at radius 3 is 3.06 bits per heavy atom. The normalized spacial score (nSPS) is 17.1. The molecule has 3 N–H and O–H groups in total. The molecule has 1 atom stereocenters. The lowest BCUT2D eigenvalue weighted by atomic mass is 10.2. The molecule has 5 nitrogen and oxygen atoms in total. The molecule has 0 aliphatic heterocycles. The van der Waals surface area contributed by atoms with E-state index in [0.29, 0.717) is 18.4 Å². The Labute approximate surface area is 94.7 Å². The van der Waals surface area contributed by atoms with Gasteiger partial charge in [-0.05, 0) is 32.7 Å². The minimum Gasteiger partial charge on any atom is -0.363 e. The molecule has 1 heterocycles. The van der Waals surface area contributed by atoms with Crippen LogP contribution < -0.4 is 16.6 Å². The van der Waals surface area contributed by atoms with Crippen LogP contribution in [0.5, 0.6) is 0 Å². The van der Waals surface area contributed by atoms with Crippen molar-refractivity contribution >= 4 is 5.82 Å². The van der Waals surface area contributed by atoms with E-state index in [1.807, 2.05) is 6.92 Å². The summed E-state index contributed by atoms with van der Waals surface area (Å²) in [5.74, 6) is 0.440. The second-order valence-electron chi connectivity index (χ2n) is 4.34. The molecular formula is C11H18N4O. The van der Waals surface area contributed by atoms with Crippen molar-refractivity contribution in [1.82, 2.24) is 9.55 Å². The van der Waals surface area contributed by atoms with Crippen molar-refractivity contribution < 1.29 is 0 Å². The zero-order chi connectivity index (χ0) is 11.5. The van der Waals surface area contributed by atoms with Crippen molar-refractivity contribution in [3.8, 4) is 0 Å². The van der Waals surface area contributed by atoms with Crippen LogP contribution in [0.2, 0.25) is 0 Å². The van der Waals surface area contributed by atoms with E-state index in [-0.39, 0.29) is 11.6 Å². The molecule has 1 aliphatic carbocycles. The minimum atomic E-state index is -0.0196. The monoisotopic (exact) mass is 222 g/mol. The Bertz CT molecular complexity index is 411. The molecule has 0 saturated heterocycles. The van der Waals surface area contributed by atoms with Crippen LogP contribution in [0.25, 0.3) is 0 Å². The van der Waals surface area contributed by atoms with E-state index in [2.05, 4.69) is 10.3 Å². The predicted octanol–water partition coefficient (Wildman–Crippen LogP) is 0.727. The van der Waals surface area contributed by atoms with Gasteiger partial charge in [0, 0.05) is 24.5 Å². The first-order valence-electron chi connectivity index (χ1n) is 5.76. The molecule has 0 spiro atoms. The highest BCUT2D eigenvalue weighted by molar-refractivity contribution is 5.32. The molecular weight excluding hydrogens is 204 g/mol. The Kier molecular flexibility index (Phi) is 3.24. The van der Waals surface area contributed by atoms with E-state index in [1.54, 1.807) is 17.0 Å².